The average Bonchev–Trinajstić information content (AvgIpc) is 2.19. The van der Waals surface area contributed by atoms with Gasteiger partial charge < -0.3 is 30.3 Å². The molecule has 0 amide bonds. The maximum atomic E-state index is 9.42. The highest BCUT2D eigenvalue weighted by Gasteiger charge is 2.45. The minimum atomic E-state index is -1.58. The Morgan fingerprint density at radius 1 is 1.07 bits per heavy atom. The maximum absolute atomic E-state index is 9.42. The summed E-state index contributed by atoms with van der Waals surface area (Å²) in [7, 11) is 0. The highest BCUT2D eigenvalue weighted by Crippen LogP contribution is 2.22. The number of aliphatic hydroxyl groups excluding tert-OH is 5. The second-order valence-electron chi connectivity index (χ2n) is 3.44. The van der Waals surface area contributed by atoms with E-state index >= 15 is 0 Å². The molecule has 0 saturated carbocycles. The summed E-state index contributed by atoms with van der Waals surface area (Å²) < 4.78 is 4.78. The Bertz CT molecular complexity index is 187. The summed E-state index contributed by atoms with van der Waals surface area (Å²) in [6.07, 6.45) is -7.79. The van der Waals surface area contributed by atoms with E-state index in [1.165, 1.54) is 0 Å². The largest absolute Gasteiger partial charge is 0.390 e. The van der Waals surface area contributed by atoms with E-state index < -0.39 is 36.8 Å². The standard InChI is InChI=1S/C8H16O6/c1-2-3(9)7-5(11)4(10)6(12)8(13)14-7/h3-13H,2H2,1H3/t3-,4-,5-,6-,7+,8?/m0/s1. The van der Waals surface area contributed by atoms with Gasteiger partial charge in [-0.15, -0.1) is 0 Å². The van der Waals surface area contributed by atoms with Crippen molar-refractivity contribution in [3.8, 4) is 0 Å². The monoisotopic (exact) mass is 208 g/mol. The molecule has 1 fully saturated rings. The third kappa shape index (κ3) is 2.05. The van der Waals surface area contributed by atoms with Crippen LogP contribution in [0, 0.1) is 0 Å². The molecule has 1 heterocycles. The molecule has 0 aromatic rings. The fourth-order valence-corrected chi connectivity index (χ4v) is 1.44. The van der Waals surface area contributed by atoms with Gasteiger partial charge in [-0.05, 0) is 6.42 Å². The van der Waals surface area contributed by atoms with Crippen LogP contribution in [0.15, 0.2) is 0 Å². The Morgan fingerprint density at radius 2 is 1.64 bits per heavy atom. The second-order valence-corrected chi connectivity index (χ2v) is 3.44. The smallest absolute Gasteiger partial charge is 0.184 e. The van der Waals surface area contributed by atoms with Crippen LogP contribution in [-0.2, 0) is 4.74 Å². The molecular formula is C8H16O6. The Morgan fingerprint density at radius 3 is 2.14 bits per heavy atom. The fraction of sp³-hybridized carbons (Fsp3) is 1.00. The Labute approximate surface area is 81.4 Å². The zero-order chi connectivity index (χ0) is 10.9. The molecule has 0 aromatic carbocycles. The molecule has 1 rings (SSSR count). The minimum absolute atomic E-state index is 0.317. The van der Waals surface area contributed by atoms with Crippen molar-refractivity contribution in [1.82, 2.24) is 0 Å². The summed E-state index contributed by atoms with van der Waals surface area (Å²) in [5.74, 6) is 0. The van der Waals surface area contributed by atoms with Crippen LogP contribution < -0.4 is 0 Å². The molecule has 84 valence electrons. The fourth-order valence-electron chi connectivity index (χ4n) is 1.44. The van der Waals surface area contributed by atoms with E-state index in [9.17, 15) is 15.3 Å². The summed E-state index contributed by atoms with van der Waals surface area (Å²) in [6.45, 7) is 1.67. The lowest BCUT2D eigenvalue weighted by Crippen LogP contribution is -2.60. The highest BCUT2D eigenvalue weighted by atomic mass is 16.6. The number of rotatable bonds is 2. The van der Waals surface area contributed by atoms with Gasteiger partial charge in [0.15, 0.2) is 6.29 Å². The van der Waals surface area contributed by atoms with Crippen molar-refractivity contribution in [3.05, 3.63) is 0 Å². The lowest BCUT2D eigenvalue weighted by molar-refractivity contribution is -0.296. The van der Waals surface area contributed by atoms with Crippen molar-refractivity contribution in [2.24, 2.45) is 0 Å². The van der Waals surface area contributed by atoms with E-state index in [4.69, 9.17) is 14.9 Å². The molecule has 6 heteroatoms. The van der Waals surface area contributed by atoms with E-state index in [1.54, 1.807) is 6.92 Å². The molecule has 5 N–H and O–H groups in total. The number of hydrogen-bond donors (Lipinski definition) is 5. The van der Waals surface area contributed by atoms with Gasteiger partial charge in [-0.1, -0.05) is 6.92 Å². The van der Waals surface area contributed by atoms with Gasteiger partial charge in [0.25, 0.3) is 0 Å². The first-order valence-corrected chi connectivity index (χ1v) is 4.54. The van der Waals surface area contributed by atoms with Gasteiger partial charge in [-0.3, -0.25) is 0 Å². The van der Waals surface area contributed by atoms with Gasteiger partial charge in [0, 0.05) is 0 Å². The molecule has 0 aromatic heterocycles. The highest BCUT2D eigenvalue weighted by molar-refractivity contribution is 4.91. The Kier molecular flexibility index (Phi) is 3.82. The first-order valence-electron chi connectivity index (χ1n) is 4.54. The van der Waals surface area contributed by atoms with Gasteiger partial charge in [0.2, 0.25) is 0 Å². The minimum Gasteiger partial charge on any atom is -0.390 e. The number of aliphatic hydroxyl groups is 5. The Balaban J connectivity index is 2.70. The molecule has 0 bridgehead atoms. The maximum Gasteiger partial charge on any atom is 0.184 e. The molecule has 1 saturated heterocycles. The molecule has 14 heavy (non-hydrogen) atoms. The van der Waals surface area contributed by atoms with E-state index in [2.05, 4.69) is 0 Å². The third-order valence-corrected chi connectivity index (χ3v) is 2.42. The summed E-state index contributed by atoms with van der Waals surface area (Å²) in [5.41, 5.74) is 0. The van der Waals surface area contributed by atoms with Crippen LogP contribution in [0.25, 0.3) is 0 Å². The van der Waals surface area contributed by atoms with Crippen molar-refractivity contribution in [1.29, 1.82) is 0 Å². The van der Waals surface area contributed by atoms with Gasteiger partial charge in [-0.25, -0.2) is 0 Å². The predicted octanol–water partition coefficient (Wildman–Crippen LogP) is -2.44. The lowest BCUT2D eigenvalue weighted by atomic mass is 9.94. The summed E-state index contributed by atoms with van der Waals surface area (Å²) in [5, 5.41) is 46.3. The zero-order valence-electron chi connectivity index (χ0n) is 7.82. The van der Waals surface area contributed by atoms with E-state index in [0.29, 0.717) is 6.42 Å². The zero-order valence-corrected chi connectivity index (χ0v) is 7.82. The number of hydrogen-bond acceptors (Lipinski definition) is 6. The van der Waals surface area contributed by atoms with Crippen LogP contribution in [0.2, 0.25) is 0 Å². The molecule has 0 spiro atoms. The van der Waals surface area contributed by atoms with Crippen molar-refractivity contribution in [3.63, 3.8) is 0 Å². The molecule has 1 unspecified atom stereocenters. The van der Waals surface area contributed by atoms with Gasteiger partial charge in [0.1, 0.15) is 24.4 Å². The van der Waals surface area contributed by atoms with E-state index in [1.807, 2.05) is 0 Å². The van der Waals surface area contributed by atoms with Crippen molar-refractivity contribution in [2.45, 2.75) is 50.2 Å². The van der Waals surface area contributed by atoms with Crippen LogP contribution >= 0.6 is 0 Å². The quantitative estimate of drug-likeness (QED) is 0.345. The summed E-state index contributed by atoms with van der Waals surface area (Å²) >= 11 is 0. The third-order valence-electron chi connectivity index (χ3n) is 2.42. The van der Waals surface area contributed by atoms with Crippen LogP contribution in [0.3, 0.4) is 0 Å². The summed E-state index contributed by atoms with van der Waals surface area (Å²) in [6, 6.07) is 0. The lowest BCUT2D eigenvalue weighted by Gasteiger charge is -2.40. The van der Waals surface area contributed by atoms with Crippen molar-refractivity contribution in [2.75, 3.05) is 0 Å². The molecule has 1 aliphatic rings. The van der Waals surface area contributed by atoms with E-state index in [-0.39, 0.29) is 0 Å². The van der Waals surface area contributed by atoms with Gasteiger partial charge in [0.05, 0.1) is 6.10 Å². The average molecular weight is 208 g/mol. The molecular weight excluding hydrogens is 192 g/mol. The second kappa shape index (κ2) is 4.52. The van der Waals surface area contributed by atoms with Crippen molar-refractivity contribution < 1.29 is 30.3 Å². The van der Waals surface area contributed by atoms with Crippen LogP contribution in [0.1, 0.15) is 13.3 Å². The molecule has 1 aliphatic heterocycles. The number of ether oxygens (including phenoxy) is 1. The van der Waals surface area contributed by atoms with E-state index in [0.717, 1.165) is 0 Å². The first kappa shape index (κ1) is 11.8. The first-order chi connectivity index (χ1) is 6.49. The topological polar surface area (TPSA) is 110 Å². The Hall–Kier alpha value is -0.240. The molecule has 6 nitrogen and oxygen atoms in total. The predicted molar refractivity (Wildman–Crippen MR) is 45.2 cm³/mol. The normalized spacial score (nSPS) is 46.3. The van der Waals surface area contributed by atoms with Crippen LogP contribution in [0.5, 0.6) is 0 Å². The van der Waals surface area contributed by atoms with Crippen LogP contribution in [-0.4, -0.2) is 62.3 Å². The SMILES string of the molecule is CC[C@H](O)[C@H]1OC(O)[C@@H](O)[C@@H](O)[C@@H]1O. The molecule has 6 atom stereocenters. The van der Waals surface area contributed by atoms with Gasteiger partial charge >= 0.3 is 0 Å². The van der Waals surface area contributed by atoms with Crippen molar-refractivity contribution >= 4 is 0 Å². The molecule has 0 aliphatic carbocycles. The summed E-state index contributed by atoms with van der Waals surface area (Å²) in [4.78, 5) is 0. The van der Waals surface area contributed by atoms with Crippen LogP contribution in [0.4, 0.5) is 0 Å². The van der Waals surface area contributed by atoms with Gasteiger partial charge in [-0.2, -0.15) is 0 Å². The molecule has 0 radical (unpaired) electrons.